The van der Waals surface area contributed by atoms with Crippen molar-refractivity contribution in [2.24, 2.45) is 0 Å². The van der Waals surface area contributed by atoms with E-state index < -0.39 is 11.9 Å². The fraction of sp³-hybridized carbons (Fsp3) is 0.259. The maximum Gasteiger partial charge on any atom is 0.311 e. The number of carboxylic acid groups (broad SMARTS) is 1. The lowest BCUT2D eigenvalue weighted by atomic mass is 9.93. The van der Waals surface area contributed by atoms with Crippen LogP contribution >= 0.6 is 11.6 Å². The maximum atomic E-state index is 12.6. The van der Waals surface area contributed by atoms with Gasteiger partial charge in [-0.15, -0.1) is 0 Å². The van der Waals surface area contributed by atoms with Gasteiger partial charge in [-0.1, -0.05) is 23.7 Å². The number of para-hydroxylation sites is 1. The number of benzene rings is 3. The van der Waals surface area contributed by atoms with Gasteiger partial charge < -0.3 is 29.4 Å². The van der Waals surface area contributed by atoms with Gasteiger partial charge in [0.1, 0.15) is 17.2 Å². The molecule has 0 radical (unpaired) electrons. The normalized spacial score (nSPS) is 14.2. The first-order valence-electron chi connectivity index (χ1n) is 11.4. The molecule has 0 aliphatic carbocycles. The van der Waals surface area contributed by atoms with Gasteiger partial charge in [0.25, 0.3) is 5.91 Å². The van der Waals surface area contributed by atoms with Gasteiger partial charge in [-0.2, -0.15) is 0 Å². The third-order valence-electron chi connectivity index (χ3n) is 5.91. The predicted molar refractivity (Wildman–Crippen MR) is 134 cm³/mol. The van der Waals surface area contributed by atoms with Crippen molar-refractivity contribution in [3.05, 3.63) is 76.3 Å². The summed E-state index contributed by atoms with van der Waals surface area (Å²) < 4.78 is 22.2. The van der Waals surface area contributed by atoms with Gasteiger partial charge in [0.15, 0.2) is 11.5 Å². The van der Waals surface area contributed by atoms with E-state index in [2.05, 4.69) is 5.32 Å². The van der Waals surface area contributed by atoms with E-state index >= 15 is 0 Å². The molecule has 9 heteroatoms. The highest BCUT2D eigenvalue weighted by molar-refractivity contribution is 6.32. The number of methoxy groups -OCH3 is 2. The average molecular weight is 512 g/mol. The fourth-order valence-corrected chi connectivity index (χ4v) is 4.30. The molecule has 0 fully saturated rings. The van der Waals surface area contributed by atoms with Crippen LogP contribution in [0.25, 0.3) is 0 Å². The molecular formula is C27H26ClNO7. The second-order valence-electron chi connectivity index (χ2n) is 8.13. The van der Waals surface area contributed by atoms with Crippen LogP contribution in [0.15, 0.2) is 54.6 Å². The topological polar surface area (TPSA) is 103 Å². The number of halogens is 1. The summed E-state index contributed by atoms with van der Waals surface area (Å²) in [6.45, 7) is 0.724. The molecule has 1 aliphatic heterocycles. The molecule has 36 heavy (non-hydrogen) atoms. The number of amides is 1. The van der Waals surface area contributed by atoms with Crippen molar-refractivity contribution in [2.45, 2.75) is 18.8 Å². The van der Waals surface area contributed by atoms with Crippen molar-refractivity contribution in [1.82, 2.24) is 5.32 Å². The minimum Gasteiger partial charge on any atom is -0.493 e. The zero-order chi connectivity index (χ0) is 25.7. The van der Waals surface area contributed by atoms with Crippen LogP contribution in [0.4, 0.5) is 0 Å². The lowest BCUT2D eigenvalue weighted by Crippen LogP contribution is -2.25. The van der Waals surface area contributed by atoms with Crippen LogP contribution in [0.2, 0.25) is 5.02 Å². The largest absolute Gasteiger partial charge is 0.493 e. The first-order valence-corrected chi connectivity index (χ1v) is 11.7. The Balaban J connectivity index is 1.38. The molecule has 1 heterocycles. The lowest BCUT2D eigenvalue weighted by Gasteiger charge is -2.24. The molecular weight excluding hydrogens is 486 g/mol. The van der Waals surface area contributed by atoms with E-state index in [1.54, 1.807) is 50.6 Å². The van der Waals surface area contributed by atoms with Crippen LogP contribution in [0.5, 0.6) is 28.7 Å². The minimum absolute atomic E-state index is 0.219. The van der Waals surface area contributed by atoms with Crippen LogP contribution in [0.3, 0.4) is 0 Å². The molecule has 2 N–H and O–H groups in total. The molecule has 4 rings (SSSR count). The Hall–Kier alpha value is -3.91. The van der Waals surface area contributed by atoms with Crippen molar-refractivity contribution >= 4 is 23.5 Å². The highest BCUT2D eigenvalue weighted by Crippen LogP contribution is 2.41. The van der Waals surface area contributed by atoms with Gasteiger partial charge in [0.05, 0.1) is 31.8 Å². The third kappa shape index (κ3) is 5.49. The number of fused-ring (bicyclic) bond motifs is 1. The van der Waals surface area contributed by atoms with Crippen LogP contribution in [-0.4, -0.2) is 44.4 Å². The van der Waals surface area contributed by atoms with E-state index in [1.807, 2.05) is 18.2 Å². The second-order valence-corrected chi connectivity index (χ2v) is 8.54. The second kappa shape index (κ2) is 11.2. The van der Waals surface area contributed by atoms with Gasteiger partial charge >= 0.3 is 5.97 Å². The summed E-state index contributed by atoms with van der Waals surface area (Å²) in [6.07, 6.45) is 0.963. The van der Waals surface area contributed by atoms with E-state index in [9.17, 15) is 14.7 Å². The summed E-state index contributed by atoms with van der Waals surface area (Å²) in [6, 6.07) is 15.4. The van der Waals surface area contributed by atoms with Gasteiger partial charge in [-0.3, -0.25) is 9.59 Å². The monoisotopic (exact) mass is 511 g/mol. The van der Waals surface area contributed by atoms with Crippen LogP contribution in [-0.2, 0) is 11.2 Å². The Bertz CT molecular complexity index is 1260. The van der Waals surface area contributed by atoms with Gasteiger partial charge in [0, 0.05) is 23.7 Å². The molecule has 0 saturated carbocycles. The lowest BCUT2D eigenvalue weighted by molar-refractivity contribution is -0.139. The Morgan fingerprint density at radius 2 is 1.86 bits per heavy atom. The number of carboxylic acids is 1. The molecule has 0 saturated heterocycles. The minimum atomic E-state index is -0.916. The fourth-order valence-electron chi connectivity index (χ4n) is 4.09. The summed E-state index contributed by atoms with van der Waals surface area (Å²) in [7, 11) is 3.17. The van der Waals surface area contributed by atoms with Crippen LogP contribution in [0.1, 0.15) is 33.8 Å². The molecule has 188 valence electrons. The molecule has 1 aliphatic rings. The van der Waals surface area contributed by atoms with Crippen molar-refractivity contribution in [3.8, 4) is 28.7 Å². The van der Waals surface area contributed by atoms with E-state index in [4.69, 9.17) is 30.5 Å². The average Bonchev–Trinajstić information content (AvgIpc) is 2.88. The van der Waals surface area contributed by atoms with E-state index in [1.165, 1.54) is 0 Å². The zero-order valence-electron chi connectivity index (χ0n) is 19.9. The first kappa shape index (κ1) is 25.2. The number of nitrogens with one attached hydrogen (secondary N) is 1. The Morgan fingerprint density at radius 1 is 1.08 bits per heavy atom. The Kier molecular flexibility index (Phi) is 7.85. The van der Waals surface area contributed by atoms with Gasteiger partial charge in [-0.25, -0.2) is 0 Å². The van der Waals surface area contributed by atoms with Crippen molar-refractivity contribution in [3.63, 3.8) is 0 Å². The van der Waals surface area contributed by atoms with Crippen LogP contribution < -0.4 is 24.3 Å². The van der Waals surface area contributed by atoms with Crippen molar-refractivity contribution < 1.29 is 33.6 Å². The van der Waals surface area contributed by atoms with E-state index in [0.29, 0.717) is 65.9 Å². The highest BCUT2D eigenvalue weighted by Gasteiger charge is 2.29. The summed E-state index contributed by atoms with van der Waals surface area (Å²) in [5, 5.41) is 12.6. The quantitative estimate of drug-likeness (QED) is 0.413. The first-order chi connectivity index (χ1) is 17.4. The summed E-state index contributed by atoms with van der Waals surface area (Å²) in [5.74, 6) is 0.750. The smallest absolute Gasteiger partial charge is 0.311 e. The molecule has 8 nitrogen and oxygen atoms in total. The summed E-state index contributed by atoms with van der Waals surface area (Å²) >= 11 is 6.36. The number of aliphatic carboxylic acids is 1. The number of carbonyl (C=O) groups excluding carboxylic acids is 1. The summed E-state index contributed by atoms with van der Waals surface area (Å²) in [5.41, 5.74) is 1.94. The molecule has 0 aromatic heterocycles. The standard InChI is InChI=1S/C27H26ClNO7/c1-33-22-5-3-4-16(25(22)34-2)10-12-29-26(30)17-6-8-18(9-7-17)36-24-15-23-20(14-21(24)28)19(27(31)32)11-13-35-23/h3-9,14-15,19H,10-13H2,1-2H3,(H,29,30)(H,31,32). The van der Waals surface area contributed by atoms with Gasteiger partial charge in [0.2, 0.25) is 0 Å². The predicted octanol–water partition coefficient (Wildman–Crippen LogP) is 5.07. The number of rotatable bonds is 9. The molecule has 0 spiro atoms. The molecule has 1 amide bonds. The summed E-state index contributed by atoms with van der Waals surface area (Å²) in [4.78, 5) is 24.1. The molecule has 0 bridgehead atoms. The maximum absolute atomic E-state index is 12.6. The van der Waals surface area contributed by atoms with Crippen molar-refractivity contribution in [1.29, 1.82) is 0 Å². The molecule has 1 unspecified atom stereocenters. The SMILES string of the molecule is COc1cccc(CCNC(=O)c2ccc(Oc3cc4c(cc3Cl)C(C(=O)O)CCO4)cc2)c1OC. The highest BCUT2D eigenvalue weighted by atomic mass is 35.5. The Labute approximate surface area is 213 Å². The van der Waals surface area contributed by atoms with Crippen molar-refractivity contribution in [2.75, 3.05) is 27.4 Å². The molecule has 1 atom stereocenters. The number of hydrogen-bond acceptors (Lipinski definition) is 6. The van der Waals surface area contributed by atoms with Gasteiger partial charge in [-0.05, 0) is 54.8 Å². The number of carbonyl (C=O) groups is 2. The van der Waals surface area contributed by atoms with E-state index in [0.717, 1.165) is 5.56 Å². The van der Waals surface area contributed by atoms with E-state index in [-0.39, 0.29) is 10.9 Å². The number of hydrogen-bond donors (Lipinski definition) is 2. The Morgan fingerprint density at radius 3 is 2.56 bits per heavy atom. The molecule has 3 aromatic rings. The third-order valence-corrected chi connectivity index (χ3v) is 6.21. The zero-order valence-corrected chi connectivity index (χ0v) is 20.6. The number of ether oxygens (including phenoxy) is 4. The van der Waals surface area contributed by atoms with Crippen LogP contribution in [0, 0.1) is 0 Å². The molecule has 3 aromatic carbocycles.